The van der Waals surface area contributed by atoms with Crippen LogP contribution in [0.2, 0.25) is 0 Å². The van der Waals surface area contributed by atoms with Gasteiger partial charge in [0, 0.05) is 13.2 Å². The van der Waals surface area contributed by atoms with Crippen molar-refractivity contribution >= 4 is 5.91 Å². The molecule has 0 atom stereocenters. The Kier molecular flexibility index (Phi) is 1.91. The van der Waals surface area contributed by atoms with Crippen LogP contribution in [0.4, 0.5) is 0 Å². The number of carbonyl (C=O) groups is 1. The van der Waals surface area contributed by atoms with Gasteiger partial charge in [-0.25, -0.2) is 5.84 Å². The van der Waals surface area contributed by atoms with Crippen LogP contribution in [-0.4, -0.2) is 15.7 Å². The summed E-state index contributed by atoms with van der Waals surface area (Å²) in [5.41, 5.74) is 3.23. The molecule has 0 aromatic carbocycles. The second-order valence-electron chi connectivity index (χ2n) is 2.28. The molecule has 0 bridgehead atoms. The molecule has 0 unspecified atom stereocenters. The van der Waals surface area contributed by atoms with Crippen molar-refractivity contribution < 1.29 is 4.79 Å². The fourth-order valence-corrected chi connectivity index (χ4v) is 0.900. The van der Waals surface area contributed by atoms with Gasteiger partial charge < -0.3 is 0 Å². The largest absolute Gasteiger partial charge is 0.290 e. The van der Waals surface area contributed by atoms with Crippen LogP contribution in [-0.2, 0) is 7.05 Å². The van der Waals surface area contributed by atoms with E-state index in [4.69, 9.17) is 5.84 Å². The van der Waals surface area contributed by atoms with Crippen LogP contribution in [0.1, 0.15) is 16.1 Å². The lowest BCUT2D eigenvalue weighted by molar-refractivity contribution is 0.0953. The monoisotopic (exact) mass is 154 g/mol. The minimum Gasteiger partial charge on any atom is -0.290 e. The van der Waals surface area contributed by atoms with Gasteiger partial charge in [0.15, 0.2) is 0 Å². The van der Waals surface area contributed by atoms with Gasteiger partial charge in [-0.1, -0.05) is 0 Å². The number of amides is 1. The van der Waals surface area contributed by atoms with E-state index in [0.29, 0.717) is 11.3 Å². The molecule has 1 heterocycles. The fourth-order valence-electron chi connectivity index (χ4n) is 0.900. The molecule has 0 fully saturated rings. The summed E-state index contributed by atoms with van der Waals surface area (Å²) in [6.45, 7) is 1.75. The molecular formula is C6H10N4O. The number of nitrogens with two attached hydrogens (primary N) is 1. The molecule has 1 aromatic heterocycles. The third-order valence-corrected chi connectivity index (χ3v) is 1.39. The first kappa shape index (κ1) is 7.74. The van der Waals surface area contributed by atoms with Crippen molar-refractivity contribution in [3.63, 3.8) is 0 Å². The Bertz CT molecular complexity index is 278. The molecule has 0 saturated carbocycles. The molecule has 1 amide bonds. The number of hydrogen-bond acceptors (Lipinski definition) is 3. The topological polar surface area (TPSA) is 72.9 Å². The Hall–Kier alpha value is -1.36. The lowest BCUT2D eigenvalue weighted by Gasteiger charge is -1.93. The lowest BCUT2D eigenvalue weighted by atomic mass is 10.2. The minimum atomic E-state index is -0.310. The fraction of sp³-hybridized carbons (Fsp3) is 0.333. The zero-order valence-electron chi connectivity index (χ0n) is 6.46. The Balaban J connectivity index is 3.03. The first-order valence-electron chi connectivity index (χ1n) is 3.16. The third kappa shape index (κ3) is 1.38. The summed E-state index contributed by atoms with van der Waals surface area (Å²) in [4.78, 5) is 11.0. The summed E-state index contributed by atoms with van der Waals surface area (Å²) in [7, 11) is 1.75. The molecule has 0 aliphatic rings. The normalized spacial score (nSPS) is 9.73. The van der Waals surface area contributed by atoms with Gasteiger partial charge in [0.25, 0.3) is 5.91 Å². The van der Waals surface area contributed by atoms with Crippen molar-refractivity contribution in [3.8, 4) is 0 Å². The summed E-state index contributed by atoms with van der Waals surface area (Å²) < 4.78 is 1.57. The second kappa shape index (κ2) is 2.71. The van der Waals surface area contributed by atoms with Crippen molar-refractivity contribution in [2.75, 3.05) is 0 Å². The van der Waals surface area contributed by atoms with Crippen LogP contribution >= 0.6 is 0 Å². The molecule has 0 spiro atoms. The number of nitrogens with zero attached hydrogens (tertiary/aromatic N) is 2. The van der Waals surface area contributed by atoms with Crippen molar-refractivity contribution in [1.29, 1.82) is 0 Å². The first-order chi connectivity index (χ1) is 5.15. The summed E-state index contributed by atoms with van der Waals surface area (Å²) in [6, 6.07) is 0. The van der Waals surface area contributed by atoms with Gasteiger partial charge in [0.2, 0.25) is 0 Å². The molecule has 0 aliphatic carbocycles. The molecule has 3 N–H and O–H groups in total. The number of aryl methyl sites for hydroxylation is 2. The van der Waals surface area contributed by atoms with Crippen LogP contribution in [0.5, 0.6) is 0 Å². The van der Waals surface area contributed by atoms with E-state index in [1.807, 2.05) is 5.43 Å². The van der Waals surface area contributed by atoms with Gasteiger partial charge in [0.1, 0.15) is 0 Å². The van der Waals surface area contributed by atoms with E-state index in [0.717, 1.165) is 0 Å². The number of hydrogen-bond donors (Lipinski definition) is 2. The summed E-state index contributed by atoms with van der Waals surface area (Å²) >= 11 is 0. The van der Waals surface area contributed by atoms with Crippen LogP contribution in [0.15, 0.2) is 6.20 Å². The maximum Gasteiger partial charge on any atom is 0.268 e. The molecule has 11 heavy (non-hydrogen) atoms. The van der Waals surface area contributed by atoms with Gasteiger partial charge in [-0.2, -0.15) is 5.10 Å². The zero-order valence-corrected chi connectivity index (χ0v) is 6.46. The third-order valence-electron chi connectivity index (χ3n) is 1.39. The molecule has 0 radical (unpaired) electrons. The predicted molar refractivity (Wildman–Crippen MR) is 39.6 cm³/mol. The second-order valence-corrected chi connectivity index (χ2v) is 2.28. The number of aromatic nitrogens is 2. The number of rotatable bonds is 1. The van der Waals surface area contributed by atoms with Crippen LogP contribution < -0.4 is 11.3 Å². The van der Waals surface area contributed by atoms with E-state index in [-0.39, 0.29) is 5.91 Å². The summed E-state index contributed by atoms with van der Waals surface area (Å²) in [5.74, 6) is 4.64. The number of nitrogens with one attached hydrogen (secondary N) is 1. The van der Waals surface area contributed by atoms with E-state index in [1.165, 1.54) is 0 Å². The van der Waals surface area contributed by atoms with E-state index in [2.05, 4.69) is 5.10 Å². The van der Waals surface area contributed by atoms with Gasteiger partial charge >= 0.3 is 0 Å². The predicted octanol–water partition coefficient (Wildman–Crippen LogP) is -0.668. The zero-order chi connectivity index (χ0) is 8.43. The maximum absolute atomic E-state index is 11.0. The molecule has 5 heteroatoms. The van der Waals surface area contributed by atoms with Gasteiger partial charge in [-0.15, -0.1) is 0 Å². The van der Waals surface area contributed by atoms with E-state index in [1.54, 1.807) is 24.9 Å². The molecule has 5 nitrogen and oxygen atoms in total. The standard InChI is InChI=1S/C6H10N4O/c1-4-5(6(11)8-7)3-10(2)9-4/h3H,7H2,1-2H3,(H,8,11). The highest BCUT2D eigenvalue weighted by atomic mass is 16.2. The number of carbonyl (C=O) groups excluding carboxylic acids is 1. The van der Waals surface area contributed by atoms with Crippen molar-refractivity contribution in [3.05, 3.63) is 17.5 Å². The van der Waals surface area contributed by atoms with Crippen molar-refractivity contribution in [2.24, 2.45) is 12.9 Å². The van der Waals surface area contributed by atoms with E-state index >= 15 is 0 Å². The summed E-state index contributed by atoms with van der Waals surface area (Å²) in [6.07, 6.45) is 1.62. The average Bonchev–Trinajstić information content (AvgIpc) is 2.28. The van der Waals surface area contributed by atoms with Gasteiger partial charge in [0.05, 0.1) is 11.3 Å². The molecule has 0 aliphatic heterocycles. The molecule has 1 rings (SSSR count). The number of hydrazine groups is 1. The molecule has 1 aromatic rings. The highest BCUT2D eigenvalue weighted by molar-refractivity contribution is 5.94. The highest BCUT2D eigenvalue weighted by Gasteiger charge is 2.09. The lowest BCUT2D eigenvalue weighted by Crippen LogP contribution is -2.30. The highest BCUT2D eigenvalue weighted by Crippen LogP contribution is 2.02. The Labute approximate surface area is 64.2 Å². The van der Waals surface area contributed by atoms with Crippen molar-refractivity contribution in [2.45, 2.75) is 6.92 Å². The van der Waals surface area contributed by atoms with Crippen LogP contribution in [0, 0.1) is 6.92 Å². The maximum atomic E-state index is 11.0. The molecular weight excluding hydrogens is 144 g/mol. The number of nitrogen functional groups attached to an aromatic ring is 1. The quantitative estimate of drug-likeness (QED) is 0.320. The van der Waals surface area contributed by atoms with E-state index in [9.17, 15) is 4.79 Å². The van der Waals surface area contributed by atoms with E-state index < -0.39 is 0 Å². The molecule has 60 valence electrons. The Morgan fingerprint density at radius 3 is 2.82 bits per heavy atom. The first-order valence-corrected chi connectivity index (χ1v) is 3.16. The van der Waals surface area contributed by atoms with Gasteiger partial charge in [-0.05, 0) is 6.92 Å². The Morgan fingerprint density at radius 1 is 1.82 bits per heavy atom. The minimum absolute atomic E-state index is 0.310. The molecule has 0 saturated heterocycles. The van der Waals surface area contributed by atoms with Crippen LogP contribution in [0.25, 0.3) is 0 Å². The smallest absolute Gasteiger partial charge is 0.268 e. The SMILES string of the molecule is Cc1nn(C)cc1C(=O)NN. The van der Waals surface area contributed by atoms with Gasteiger partial charge in [-0.3, -0.25) is 14.9 Å². The van der Waals surface area contributed by atoms with Crippen molar-refractivity contribution in [1.82, 2.24) is 15.2 Å². The average molecular weight is 154 g/mol. The Morgan fingerprint density at radius 2 is 2.45 bits per heavy atom. The summed E-state index contributed by atoms with van der Waals surface area (Å²) in [5, 5.41) is 3.98. The van der Waals surface area contributed by atoms with Crippen LogP contribution in [0.3, 0.4) is 0 Å².